The van der Waals surface area contributed by atoms with E-state index in [2.05, 4.69) is 0 Å². The van der Waals surface area contributed by atoms with Crippen LogP contribution in [0.1, 0.15) is 62.8 Å². The number of unbranched alkanes of at least 4 members (excludes halogenated alkanes) is 2. The maximum atomic E-state index is 11.3. The lowest BCUT2D eigenvalue weighted by Gasteiger charge is -2.11. The van der Waals surface area contributed by atoms with Crippen molar-refractivity contribution in [3.05, 3.63) is 34.4 Å². The molecule has 0 fully saturated rings. The molecule has 108 valence electrons. The summed E-state index contributed by atoms with van der Waals surface area (Å²) in [5, 5.41) is 27.3. The number of hydrogen-bond donors (Lipinski definition) is 3. The first-order valence-corrected chi connectivity index (χ1v) is 6.25. The minimum Gasteiger partial charge on any atom is -0.478 e. The lowest BCUT2D eigenvalue weighted by molar-refractivity contribution is 0.0632. The van der Waals surface area contributed by atoms with Crippen LogP contribution in [0.15, 0.2) is 12.1 Å². The van der Waals surface area contributed by atoms with E-state index in [-0.39, 0.29) is 0 Å². The fourth-order valence-corrected chi connectivity index (χ4v) is 2.06. The SMILES string of the molecule is CCCCCc1ccc(C(=O)O)c(C(=O)O)c1C(=O)O. The van der Waals surface area contributed by atoms with E-state index in [4.69, 9.17) is 10.2 Å². The normalized spacial score (nSPS) is 10.2. The molecule has 1 aromatic rings. The summed E-state index contributed by atoms with van der Waals surface area (Å²) in [5.74, 6) is -4.42. The van der Waals surface area contributed by atoms with Crippen molar-refractivity contribution in [2.75, 3.05) is 0 Å². The Morgan fingerprint density at radius 3 is 1.95 bits per heavy atom. The lowest BCUT2D eigenvalue weighted by Crippen LogP contribution is -2.17. The molecule has 0 bridgehead atoms. The quantitative estimate of drug-likeness (QED) is 0.661. The van der Waals surface area contributed by atoms with Crippen LogP contribution in [-0.4, -0.2) is 33.2 Å². The first-order valence-electron chi connectivity index (χ1n) is 6.25. The molecule has 6 heteroatoms. The van der Waals surface area contributed by atoms with Crippen molar-refractivity contribution >= 4 is 17.9 Å². The Hall–Kier alpha value is -2.37. The van der Waals surface area contributed by atoms with Gasteiger partial charge in [0.15, 0.2) is 0 Å². The van der Waals surface area contributed by atoms with Gasteiger partial charge in [-0.1, -0.05) is 25.8 Å². The molecule has 0 atom stereocenters. The largest absolute Gasteiger partial charge is 0.478 e. The molecule has 1 aromatic carbocycles. The Morgan fingerprint density at radius 2 is 1.50 bits per heavy atom. The van der Waals surface area contributed by atoms with Crippen LogP contribution in [0, 0.1) is 0 Å². The Kier molecular flexibility index (Phi) is 5.25. The molecule has 0 aliphatic rings. The van der Waals surface area contributed by atoms with E-state index in [9.17, 15) is 19.5 Å². The third-order valence-electron chi connectivity index (χ3n) is 3.00. The Balaban J connectivity index is 3.40. The van der Waals surface area contributed by atoms with E-state index in [1.807, 2.05) is 6.92 Å². The van der Waals surface area contributed by atoms with E-state index >= 15 is 0 Å². The minimum absolute atomic E-state index is 0.355. The van der Waals surface area contributed by atoms with Crippen molar-refractivity contribution in [1.29, 1.82) is 0 Å². The molecular formula is C14H16O6. The Labute approximate surface area is 115 Å². The lowest BCUT2D eigenvalue weighted by atomic mass is 9.93. The van der Waals surface area contributed by atoms with E-state index in [1.54, 1.807) is 0 Å². The monoisotopic (exact) mass is 280 g/mol. The number of carbonyl (C=O) groups is 3. The van der Waals surface area contributed by atoms with Crippen LogP contribution in [0.5, 0.6) is 0 Å². The zero-order valence-electron chi connectivity index (χ0n) is 11.0. The smallest absolute Gasteiger partial charge is 0.337 e. The number of benzene rings is 1. The Morgan fingerprint density at radius 1 is 0.900 bits per heavy atom. The zero-order valence-corrected chi connectivity index (χ0v) is 11.0. The summed E-state index contributed by atoms with van der Waals surface area (Å²) >= 11 is 0. The van der Waals surface area contributed by atoms with Crippen molar-refractivity contribution in [2.24, 2.45) is 0 Å². The summed E-state index contributed by atoms with van der Waals surface area (Å²) in [6.45, 7) is 1.99. The molecule has 20 heavy (non-hydrogen) atoms. The van der Waals surface area contributed by atoms with Crippen LogP contribution >= 0.6 is 0 Å². The molecule has 6 nitrogen and oxygen atoms in total. The van der Waals surface area contributed by atoms with Gasteiger partial charge in [0.1, 0.15) is 0 Å². The average molecular weight is 280 g/mol. The van der Waals surface area contributed by atoms with Gasteiger partial charge in [-0.2, -0.15) is 0 Å². The maximum absolute atomic E-state index is 11.3. The minimum atomic E-state index is -1.54. The molecule has 3 N–H and O–H groups in total. The van der Waals surface area contributed by atoms with E-state index < -0.39 is 34.6 Å². The van der Waals surface area contributed by atoms with Crippen LogP contribution in [0.3, 0.4) is 0 Å². The average Bonchev–Trinajstić information content (AvgIpc) is 2.37. The second-order valence-corrected chi connectivity index (χ2v) is 4.39. The number of hydrogen-bond acceptors (Lipinski definition) is 3. The number of aromatic carboxylic acids is 3. The van der Waals surface area contributed by atoms with Crippen molar-refractivity contribution < 1.29 is 29.7 Å². The highest BCUT2D eigenvalue weighted by Gasteiger charge is 2.26. The summed E-state index contributed by atoms with van der Waals surface area (Å²) in [4.78, 5) is 33.5. The molecule has 0 aliphatic heterocycles. The van der Waals surface area contributed by atoms with Gasteiger partial charge in [0, 0.05) is 0 Å². The van der Waals surface area contributed by atoms with Gasteiger partial charge in [-0.15, -0.1) is 0 Å². The number of rotatable bonds is 7. The topological polar surface area (TPSA) is 112 Å². The van der Waals surface area contributed by atoms with Crippen LogP contribution in [0.25, 0.3) is 0 Å². The predicted octanol–water partition coefficient (Wildman–Crippen LogP) is 2.51. The predicted molar refractivity (Wildman–Crippen MR) is 70.5 cm³/mol. The molecule has 1 rings (SSSR count). The van der Waals surface area contributed by atoms with Crippen LogP contribution in [-0.2, 0) is 6.42 Å². The summed E-state index contributed by atoms with van der Waals surface area (Å²) < 4.78 is 0. The van der Waals surface area contributed by atoms with Crippen LogP contribution in [0.4, 0.5) is 0 Å². The van der Waals surface area contributed by atoms with Crippen molar-refractivity contribution in [1.82, 2.24) is 0 Å². The van der Waals surface area contributed by atoms with Gasteiger partial charge in [0.25, 0.3) is 0 Å². The first kappa shape index (κ1) is 15.7. The standard InChI is InChI=1S/C14H16O6/c1-2-3-4-5-8-6-7-9(12(15)16)11(14(19)20)10(8)13(17)18/h6-7H,2-5H2,1H3,(H,15,16)(H,17,18)(H,19,20). The molecule has 0 saturated carbocycles. The van der Waals surface area contributed by atoms with Gasteiger partial charge in [-0.25, -0.2) is 14.4 Å². The fraction of sp³-hybridized carbons (Fsp3) is 0.357. The third-order valence-corrected chi connectivity index (χ3v) is 3.00. The molecule has 0 radical (unpaired) electrons. The van der Waals surface area contributed by atoms with Gasteiger partial charge in [0.2, 0.25) is 0 Å². The van der Waals surface area contributed by atoms with Crippen LogP contribution < -0.4 is 0 Å². The summed E-state index contributed by atoms with van der Waals surface area (Å²) in [6.07, 6.45) is 2.97. The van der Waals surface area contributed by atoms with E-state index in [1.165, 1.54) is 6.07 Å². The molecule has 0 aliphatic carbocycles. The second kappa shape index (κ2) is 6.70. The molecule has 0 saturated heterocycles. The van der Waals surface area contributed by atoms with Gasteiger partial charge in [-0.05, 0) is 24.5 Å². The number of aryl methyl sites for hydroxylation is 1. The van der Waals surface area contributed by atoms with E-state index in [0.29, 0.717) is 12.0 Å². The highest BCUT2D eigenvalue weighted by atomic mass is 16.4. The first-order chi connectivity index (χ1) is 9.40. The molecule has 0 spiro atoms. The highest BCUT2D eigenvalue weighted by molar-refractivity contribution is 6.09. The Bertz CT molecular complexity index is 547. The zero-order chi connectivity index (χ0) is 15.3. The van der Waals surface area contributed by atoms with Crippen molar-refractivity contribution in [3.8, 4) is 0 Å². The van der Waals surface area contributed by atoms with Gasteiger partial charge in [0.05, 0.1) is 16.7 Å². The summed E-state index contributed by atoms with van der Waals surface area (Å²) in [5.41, 5.74) is -1.23. The fourth-order valence-electron chi connectivity index (χ4n) is 2.06. The molecule has 0 heterocycles. The maximum Gasteiger partial charge on any atom is 0.337 e. The van der Waals surface area contributed by atoms with Crippen LogP contribution in [0.2, 0.25) is 0 Å². The van der Waals surface area contributed by atoms with Crippen molar-refractivity contribution in [2.45, 2.75) is 32.6 Å². The molecular weight excluding hydrogens is 264 g/mol. The van der Waals surface area contributed by atoms with Crippen molar-refractivity contribution in [3.63, 3.8) is 0 Å². The molecule has 0 unspecified atom stereocenters. The number of carboxylic acid groups (broad SMARTS) is 3. The second-order valence-electron chi connectivity index (χ2n) is 4.39. The van der Waals surface area contributed by atoms with Gasteiger partial charge < -0.3 is 15.3 Å². The highest BCUT2D eigenvalue weighted by Crippen LogP contribution is 2.22. The number of carboxylic acids is 3. The molecule has 0 amide bonds. The van der Waals surface area contributed by atoms with Gasteiger partial charge >= 0.3 is 17.9 Å². The molecule has 0 aromatic heterocycles. The third kappa shape index (κ3) is 3.34. The van der Waals surface area contributed by atoms with Gasteiger partial charge in [-0.3, -0.25) is 0 Å². The summed E-state index contributed by atoms with van der Waals surface area (Å²) in [6, 6.07) is 2.54. The summed E-state index contributed by atoms with van der Waals surface area (Å²) in [7, 11) is 0. The van der Waals surface area contributed by atoms with E-state index in [0.717, 1.165) is 25.3 Å².